The minimum atomic E-state index is 0.539. The number of aromatic nitrogens is 3. The molecule has 0 aliphatic carbocycles. The summed E-state index contributed by atoms with van der Waals surface area (Å²) in [6.45, 7) is 0.697. The molecule has 0 amide bonds. The molecule has 1 heterocycles. The van der Waals surface area contributed by atoms with Crippen LogP contribution in [0, 0.1) is 11.3 Å². The van der Waals surface area contributed by atoms with Gasteiger partial charge in [0.1, 0.15) is 0 Å². The first-order valence-corrected chi connectivity index (χ1v) is 7.46. The minimum absolute atomic E-state index is 0.539. The summed E-state index contributed by atoms with van der Waals surface area (Å²) >= 11 is 0. The summed E-state index contributed by atoms with van der Waals surface area (Å²) < 4.78 is 0. The van der Waals surface area contributed by atoms with Gasteiger partial charge in [-0.25, -0.2) is 0 Å². The lowest BCUT2D eigenvalue weighted by atomic mass is 10.2. The van der Waals surface area contributed by atoms with E-state index in [2.05, 4.69) is 38.7 Å². The first kappa shape index (κ1) is 15.4. The van der Waals surface area contributed by atoms with Crippen LogP contribution in [0.1, 0.15) is 11.1 Å². The Bertz CT molecular complexity index is 839. The highest BCUT2D eigenvalue weighted by Gasteiger charge is 2.07. The van der Waals surface area contributed by atoms with Crippen molar-refractivity contribution in [1.82, 2.24) is 15.2 Å². The molecule has 0 bridgehead atoms. The van der Waals surface area contributed by atoms with Crippen LogP contribution in [-0.2, 0) is 6.54 Å². The Morgan fingerprint density at radius 3 is 2.54 bits per heavy atom. The number of nitriles is 1. The fourth-order valence-electron chi connectivity index (χ4n) is 2.22. The highest BCUT2D eigenvalue weighted by atomic mass is 15.3. The molecule has 6 nitrogen and oxygen atoms in total. The maximum Gasteiger partial charge on any atom is 0.247 e. The van der Waals surface area contributed by atoms with Crippen LogP contribution in [0.15, 0.2) is 60.8 Å². The predicted octanol–water partition coefficient (Wildman–Crippen LogP) is 3.12. The summed E-state index contributed by atoms with van der Waals surface area (Å²) in [4.78, 5) is 6.42. The van der Waals surface area contributed by atoms with E-state index in [-0.39, 0.29) is 0 Å². The zero-order chi connectivity index (χ0) is 16.8. The second kappa shape index (κ2) is 7.20. The van der Waals surface area contributed by atoms with Gasteiger partial charge in [-0.05, 0) is 29.8 Å². The molecule has 3 rings (SSSR count). The van der Waals surface area contributed by atoms with Crippen molar-refractivity contribution >= 4 is 17.5 Å². The minimum Gasteiger partial charge on any atom is -0.339 e. The molecule has 0 saturated carbocycles. The van der Waals surface area contributed by atoms with Gasteiger partial charge in [0.15, 0.2) is 5.82 Å². The Balaban J connectivity index is 1.72. The quantitative estimate of drug-likeness (QED) is 0.779. The van der Waals surface area contributed by atoms with Crippen LogP contribution in [0.3, 0.4) is 0 Å². The summed E-state index contributed by atoms with van der Waals surface area (Å²) in [5, 5.41) is 20.1. The molecule has 118 valence electrons. The lowest BCUT2D eigenvalue weighted by Gasteiger charge is -2.17. The average Bonchev–Trinajstić information content (AvgIpc) is 2.63. The fourth-order valence-corrected chi connectivity index (χ4v) is 2.22. The number of hydrogen-bond donors (Lipinski definition) is 1. The van der Waals surface area contributed by atoms with Crippen molar-refractivity contribution in [3.05, 3.63) is 71.9 Å². The van der Waals surface area contributed by atoms with Gasteiger partial charge in [-0.3, -0.25) is 0 Å². The van der Waals surface area contributed by atoms with Gasteiger partial charge in [-0.1, -0.05) is 30.3 Å². The Labute approximate surface area is 140 Å². The summed E-state index contributed by atoms with van der Waals surface area (Å²) in [6.07, 6.45) is 1.57. The van der Waals surface area contributed by atoms with E-state index in [1.165, 1.54) is 5.56 Å². The van der Waals surface area contributed by atoms with Crippen LogP contribution in [-0.4, -0.2) is 22.2 Å². The van der Waals surface area contributed by atoms with E-state index in [1.54, 1.807) is 18.3 Å². The molecular weight excluding hydrogens is 300 g/mol. The Hall–Kier alpha value is -3.46. The Morgan fingerprint density at radius 2 is 1.83 bits per heavy atom. The molecule has 0 spiro atoms. The fraction of sp³-hybridized carbons (Fsp3) is 0.111. The van der Waals surface area contributed by atoms with E-state index in [1.807, 2.05) is 42.3 Å². The Morgan fingerprint density at radius 1 is 1.08 bits per heavy atom. The molecule has 0 aliphatic rings. The van der Waals surface area contributed by atoms with Crippen LogP contribution in [0.25, 0.3) is 0 Å². The first-order chi connectivity index (χ1) is 11.7. The van der Waals surface area contributed by atoms with Crippen LogP contribution in [0.5, 0.6) is 0 Å². The van der Waals surface area contributed by atoms with E-state index < -0.39 is 0 Å². The van der Waals surface area contributed by atoms with Crippen molar-refractivity contribution in [3.8, 4) is 6.07 Å². The maximum absolute atomic E-state index is 8.83. The van der Waals surface area contributed by atoms with E-state index in [0.29, 0.717) is 23.9 Å². The molecule has 0 atom stereocenters. The number of hydrogen-bond acceptors (Lipinski definition) is 6. The number of rotatable bonds is 5. The molecular formula is C18H16N6. The smallest absolute Gasteiger partial charge is 0.247 e. The number of benzene rings is 2. The van der Waals surface area contributed by atoms with E-state index >= 15 is 0 Å². The third kappa shape index (κ3) is 3.84. The molecule has 0 saturated heterocycles. The normalized spacial score (nSPS) is 10.0. The van der Waals surface area contributed by atoms with Gasteiger partial charge in [0.05, 0.1) is 17.8 Å². The molecule has 24 heavy (non-hydrogen) atoms. The largest absolute Gasteiger partial charge is 0.339 e. The molecule has 1 N–H and O–H groups in total. The molecule has 6 heteroatoms. The van der Waals surface area contributed by atoms with E-state index in [4.69, 9.17) is 5.26 Å². The number of anilines is 3. The van der Waals surface area contributed by atoms with Crippen molar-refractivity contribution < 1.29 is 0 Å². The third-order valence-corrected chi connectivity index (χ3v) is 3.44. The number of nitrogens with one attached hydrogen (secondary N) is 1. The highest BCUT2D eigenvalue weighted by Crippen LogP contribution is 2.16. The van der Waals surface area contributed by atoms with Gasteiger partial charge in [-0.15, -0.1) is 5.10 Å². The van der Waals surface area contributed by atoms with Crippen LogP contribution < -0.4 is 10.2 Å². The van der Waals surface area contributed by atoms with E-state index in [0.717, 1.165) is 5.69 Å². The van der Waals surface area contributed by atoms with Crippen molar-refractivity contribution in [2.75, 3.05) is 17.3 Å². The summed E-state index contributed by atoms with van der Waals surface area (Å²) in [5.74, 6) is 1.14. The molecule has 3 aromatic rings. The standard InChI is InChI=1S/C18H16N6/c1-24(13-15-5-3-2-4-6-15)18-22-17(12-20-23-18)21-16-9-7-14(11-19)8-10-16/h2-10,12H,13H2,1H3,(H,21,22,23). The van der Waals surface area contributed by atoms with Gasteiger partial charge < -0.3 is 10.2 Å². The average molecular weight is 316 g/mol. The van der Waals surface area contributed by atoms with Gasteiger partial charge in [0, 0.05) is 19.3 Å². The maximum atomic E-state index is 8.83. The lowest BCUT2D eigenvalue weighted by Crippen LogP contribution is -2.19. The summed E-state index contributed by atoms with van der Waals surface area (Å²) in [6, 6.07) is 19.4. The van der Waals surface area contributed by atoms with Crippen LogP contribution in [0.4, 0.5) is 17.5 Å². The van der Waals surface area contributed by atoms with Gasteiger partial charge in [0.2, 0.25) is 5.95 Å². The second-order valence-electron chi connectivity index (χ2n) is 5.30. The van der Waals surface area contributed by atoms with Crippen molar-refractivity contribution in [2.24, 2.45) is 0 Å². The Kier molecular flexibility index (Phi) is 4.63. The summed E-state index contributed by atoms with van der Waals surface area (Å²) in [5.41, 5.74) is 2.63. The SMILES string of the molecule is CN(Cc1ccccc1)c1nncc(Nc2ccc(C#N)cc2)n1. The second-order valence-corrected chi connectivity index (χ2v) is 5.30. The van der Waals surface area contributed by atoms with E-state index in [9.17, 15) is 0 Å². The van der Waals surface area contributed by atoms with Gasteiger partial charge >= 0.3 is 0 Å². The summed E-state index contributed by atoms with van der Waals surface area (Å²) in [7, 11) is 1.93. The van der Waals surface area contributed by atoms with Crippen molar-refractivity contribution in [3.63, 3.8) is 0 Å². The molecule has 0 unspecified atom stereocenters. The first-order valence-electron chi connectivity index (χ1n) is 7.46. The number of nitrogens with zero attached hydrogens (tertiary/aromatic N) is 5. The van der Waals surface area contributed by atoms with Gasteiger partial charge in [-0.2, -0.15) is 15.3 Å². The van der Waals surface area contributed by atoms with Crippen LogP contribution in [0.2, 0.25) is 0 Å². The van der Waals surface area contributed by atoms with Crippen LogP contribution >= 0.6 is 0 Å². The lowest BCUT2D eigenvalue weighted by molar-refractivity contribution is 0.831. The predicted molar refractivity (Wildman–Crippen MR) is 92.8 cm³/mol. The molecule has 2 aromatic carbocycles. The molecule has 0 fully saturated rings. The molecule has 0 radical (unpaired) electrons. The van der Waals surface area contributed by atoms with Crippen molar-refractivity contribution in [2.45, 2.75) is 6.54 Å². The zero-order valence-corrected chi connectivity index (χ0v) is 13.2. The molecule has 0 aliphatic heterocycles. The molecule has 1 aromatic heterocycles. The topological polar surface area (TPSA) is 77.7 Å². The monoisotopic (exact) mass is 316 g/mol. The van der Waals surface area contributed by atoms with Crippen molar-refractivity contribution in [1.29, 1.82) is 5.26 Å². The van der Waals surface area contributed by atoms with Gasteiger partial charge in [0.25, 0.3) is 0 Å². The highest BCUT2D eigenvalue weighted by molar-refractivity contribution is 5.57. The third-order valence-electron chi connectivity index (χ3n) is 3.44. The zero-order valence-electron chi connectivity index (χ0n) is 13.2.